The van der Waals surface area contributed by atoms with Crippen molar-refractivity contribution in [3.63, 3.8) is 0 Å². The van der Waals surface area contributed by atoms with Gasteiger partial charge in [0.05, 0.1) is 11.5 Å². The van der Waals surface area contributed by atoms with Crippen LogP contribution in [-0.4, -0.2) is 45.8 Å². The Morgan fingerprint density at radius 2 is 1.74 bits per heavy atom. The van der Waals surface area contributed by atoms with E-state index in [1.165, 1.54) is 25.7 Å². The fraction of sp³-hybridized carbons (Fsp3) is 0.933. The monoisotopic (exact) mass is 267 g/mol. The smallest absolute Gasteiger partial charge is 0.306 e. The summed E-state index contributed by atoms with van der Waals surface area (Å²) in [5.41, 5.74) is -0.635. The van der Waals surface area contributed by atoms with E-state index in [1.54, 1.807) is 0 Å². The summed E-state index contributed by atoms with van der Waals surface area (Å²) < 4.78 is 0. The number of nitrogens with zero attached hydrogens (tertiary/aromatic N) is 1. The van der Waals surface area contributed by atoms with Crippen LogP contribution in [-0.2, 0) is 4.79 Å². The van der Waals surface area contributed by atoms with Gasteiger partial charge < -0.3 is 10.2 Å². The third-order valence-electron chi connectivity index (χ3n) is 5.02. The number of carboxylic acid groups (broad SMARTS) is 1. The first-order chi connectivity index (χ1) is 9.06. The van der Waals surface area contributed by atoms with Crippen molar-refractivity contribution in [1.82, 2.24) is 4.90 Å². The van der Waals surface area contributed by atoms with E-state index in [9.17, 15) is 9.90 Å². The first-order valence-electron chi connectivity index (χ1n) is 7.75. The highest BCUT2D eigenvalue weighted by Gasteiger charge is 2.41. The van der Waals surface area contributed by atoms with E-state index in [0.717, 1.165) is 19.0 Å². The van der Waals surface area contributed by atoms with Crippen molar-refractivity contribution in [1.29, 1.82) is 0 Å². The average molecular weight is 267 g/mol. The Kier molecular flexibility index (Phi) is 3.56. The molecule has 0 heterocycles. The molecule has 0 aromatic rings. The summed E-state index contributed by atoms with van der Waals surface area (Å²) in [6.45, 7) is 1.91. The minimum absolute atomic E-state index is 0.238. The average Bonchev–Trinajstić information content (AvgIpc) is 3.23. The second-order valence-electron chi connectivity index (χ2n) is 6.94. The van der Waals surface area contributed by atoms with Crippen LogP contribution in [0.25, 0.3) is 0 Å². The van der Waals surface area contributed by atoms with Crippen LogP contribution in [0.2, 0.25) is 0 Å². The molecule has 0 aromatic heterocycles. The first kappa shape index (κ1) is 13.4. The SMILES string of the molecule is O=C(O)C1CCC(O)(CN(CC2CC2)C2CC2)CC1. The van der Waals surface area contributed by atoms with Crippen molar-refractivity contribution in [3.8, 4) is 0 Å². The number of rotatable bonds is 6. The Balaban J connectivity index is 1.53. The summed E-state index contributed by atoms with van der Waals surface area (Å²) in [5.74, 6) is -0.0725. The molecule has 19 heavy (non-hydrogen) atoms. The molecular formula is C15H25NO3. The lowest BCUT2D eigenvalue weighted by atomic mass is 9.78. The molecule has 3 fully saturated rings. The summed E-state index contributed by atoms with van der Waals surface area (Å²) in [7, 11) is 0. The van der Waals surface area contributed by atoms with Crippen LogP contribution >= 0.6 is 0 Å². The molecule has 0 amide bonds. The number of aliphatic carboxylic acids is 1. The standard InChI is InChI=1S/C15H25NO3/c17-14(18)12-5-7-15(19,8-6-12)10-16(13-3-4-13)9-11-1-2-11/h11-13,19H,1-10H2,(H,17,18). The van der Waals surface area contributed by atoms with Crippen molar-refractivity contribution >= 4 is 5.97 Å². The van der Waals surface area contributed by atoms with Gasteiger partial charge in [-0.3, -0.25) is 9.69 Å². The van der Waals surface area contributed by atoms with Crippen molar-refractivity contribution in [2.24, 2.45) is 11.8 Å². The fourth-order valence-corrected chi connectivity index (χ4v) is 3.35. The summed E-state index contributed by atoms with van der Waals surface area (Å²) >= 11 is 0. The van der Waals surface area contributed by atoms with Crippen LogP contribution in [0.5, 0.6) is 0 Å². The summed E-state index contributed by atoms with van der Waals surface area (Å²) in [6, 6.07) is 0.696. The van der Waals surface area contributed by atoms with Gasteiger partial charge in [0.25, 0.3) is 0 Å². The maximum Gasteiger partial charge on any atom is 0.306 e. The summed E-state index contributed by atoms with van der Waals surface area (Å²) in [6.07, 6.45) is 7.82. The molecular weight excluding hydrogens is 242 g/mol. The predicted octanol–water partition coefficient (Wildman–Crippen LogP) is 1.87. The van der Waals surface area contributed by atoms with Gasteiger partial charge in [0, 0.05) is 19.1 Å². The molecule has 0 spiro atoms. The topological polar surface area (TPSA) is 60.8 Å². The van der Waals surface area contributed by atoms with Crippen LogP contribution in [0, 0.1) is 11.8 Å². The van der Waals surface area contributed by atoms with Gasteiger partial charge in [-0.1, -0.05) is 0 Å². The van der Waals surface area contributed by atoms with E-state index in [1.807, 2.05) is 0 Å². The summed E-state index contributed by atoms with van der Waals surface area (Å²) in [5, 5.41) is 19.7. The van der Waals surface area contributed by atoms with Gasteiger partial charge in [0.1, 0.15) is 0 Å². The lowest BCUT2D eigenvalue weighted by molar-refractivity contribution is -0.145. The highest BCUT2D eigenvalue weighted by atomic mass is 16.4. The number of hydrogen-bond acceptors (Lipinski definition) is 3. The van der Waals surface area contributed by atoms with Gasteiger partial charge in [-0.25, -0.2) is 0 Å². The molecule has 0 aromatic carbocycles. The van der Waals surface area contributed by atoms with Gasteiger partial charge in [0.15, 0.2) is 0 Å². The van der Waals surface area contributed by atoms with Crippen molar-refractivity contribution < 1.29 is 15.0 Å². The molecule has 3 aliphatic rings. The van der Waals surface area contributed by atoms with E-state index in [0.29, 0.717) is 31.7 Å². The molecule has 3 aliphatic carbocycles. The van der Waals surface area contributed by atoms with Crippen LogP contribution in [0.1, 0.15) is 51.4 Å². The van der Waals surface area contributed by atoms with Gasteiger partial charge in [-0.2, -0.15) is 0 Å². The van der Waals surface area contributed by atoms with Crippen LogP contribution in [0.15, 0.2) is 0 Å². The zero-order chi connectivity index (χ0) is 13.5. The second kappa shape index (κ2) is 5.06. The largest absolute Gasteiger partial charge is 0.481 e. The van der Waals surface area contributed by atoms with Crippen molar-refractivity contribution in [2.45, 2.75) is 63.0 Å². The number of hydrogen-bond donors (Lipinski definition) is 2. The van der Waals surface area contributed by atoms with E-state index in [-0.39, 0.29) is 5.92 Å². The van der Waals surface area contributed by atoms with Gasteiger partial charge in [0.2, 0.25) is 0 Å². The maximum atomic E-state index is 11.0. The zero-order valence-corrected chi connectivity index (χ0v) is 11.6. The molecule has 4 heteroatoms. The minimum Gasteiger partial charge on any atom is -0.481 e. The molecule has 108 valence electrons. The Labute approximate surface area is 114 Å². The van der Waals surface area contributed by atoms with Crippen LogP contribution in [0.4, 0.5) is 0 Å². The third kappa shape index (κ3) is 3.48. The Morgan fingerprint density at radius 1 is 1.11 bits per heavy atom. The molecule has 2 N–H and O–H groups in total. The Hall–Kier alpha value is -0.610. The van der Waals surface area contributed by atoms with E-state index in [4.69, 9.17) is 5.11 Å². The van der Waals surface area contributed by atoms with Crippen LogP contribution in [0.3, 0.4) is 0 Å². The van der Waals surface area contributed by atoms with Gasteiger partial charge >= 0.3 is 5.97 Å². The van der Waals surface area contributed by atoms with E-state index in [2.05, 4.69) is 4.90 Å². The molecule has 4 nitrogen and oxygen atoms in total. The fourth-order valence-electron chi connectivity index (χ4n) is 3.35. The number of carboxylic acids is 1. The molecule has 0 unspecified atom stereocenters. The quantitative estimate of drug-likeness (QED) is 0.771. The van der Waals surface area contributed by atoms with Gasteiger partial charge in [-0.15, -0.1) is 0 Å². The normalized spacial score (nSPS) is 35.6. The zero-order valence-electron chi connectivity index (χ0n) is 11.6. The predicted molar refractivity (Wildman–Crippen MR) is 71.9 cm³/mol. The number of aliphatic hydroxyl groups is 1. The lowest BCUT2D eigenvalue weighted by Gasteiger charge is -2.39. The number of carbonyl (C=O) groups is 1. The second-order valence-corrected chi connectivity index (χ2v) is 6.94. The van der Waals surface area contributed by atoms with Gasteiger partial charge in [-0.05, 0) is 57.3 Å². The third-order valence-corrected chi connectivity index (χ3v) is 5.02. The molecule has 0 atom stereocenters. The Morgan fingerprint density at radius 3 is 2.21 bits per heavy atom. The highest BCUT2D eigenvalue weighted by Crippen LogP contribution is 2.38. The van der Waals surface area contributed by atoms with Crippen molar-refractivity contribution in [3.05, 3.63) is 0 Å². The molecule has 0 saturated heterocycles. The van der Waals surface area contributed by atoms with E-state index < -0.39 is 11.6 Å². The van der Waals surface area contributed by atoms with Crippen molar-refractivity contribution in [2.75, 3.05) is 13.1 Å². The molecule has 3 saturated carbocycles. The molecule has 3 rings (SSSR count). The minimum atomic E-state index is -0.695. The van der Waals surface area contributed by atoms with Crippen LogP contribution < -0.4 is 0 Å². The maximum absolute atomic E-state index is 11.0. The summed E-state index contributed by atoms with van der Waals surface area (Å²) in [4.78, 5) is 13.5. The lowest BCUT2D eigenvalue weighted by Crippen LogP contribution is -2.47. The first-order valence-corrected chi connectivity index (χ1v) is 7.75. The highest BCUT2D eigenvalue weighted by molar-refractivity contribution is 5.70. The molecule has 0 radical (unpaired) electrons. The Bertz CT molecular complexity index is 341. The molecule has 0 bridgehead atoms. The van der Waals surface area contributed by atoms with E-state index >= 15 is 0 Å². The molecule has 0 aliphatic heterocycles.